The van der Waals surface area contributed by atoms with Gasteiger partial charge in [0.05, 0.1) is 0 Å². The highest BCUT2D eigenvalue weighted by atomic mass is 32.4. The van der Waals surface area contributed by atoms with E-state index in [0.29, 0.717) is 0 Å². The van der Waals surface area contributed by atoms with Crippen LogP contribution < -0.4 is 0 Å². The van der Waals surface area contributed by atoms with Crippen molar-refractivity contribution in [3.05, 3.63) is 0 Å². The fourth-order valence-electron chi connectivity index (χ4n) is 1.95. The molecule has 0 aliphatic carbocycles. The Bertz CT molecular complexity index is 704. The minimum atomic E-state index is -7.61. The molecule has 5 nitrogen and oxygen atoms in total. The Morgan fingerprint density at radius 3 is 0.929 bits per heavy atom. The van der Waals surface area contributed by atoms with Gasteiger partial charge in [-0.05, 0) is 20.4 Å². The molecule has 0 aromatic carbocycles. The van der Waals surface area contributed by atoms with Crippen LogP contribution in [0.3, 0.4) is 0 Å². The van der Waals surface area contributed by atoms with Crippen LogP contribution in [0.25, 0.3) is 0 Å². The lowest BCUT2D eigenvalue weighted by Crippen LogP contribution is -2.60. The Morgan fingerprint density at radius 2 is 0.786 bits per heavy atom. The van der Waals surface area contributed by atoms with E-state index in [2.05, 4.69) is 0 Å². The second-order valence-electron chi connectivity index (χ2n) is 5.07. The van der Waals surface area contributed by atoms with Crippen LogP contribution in [0.4, 0.5) is 43.9 Å². The van der Waals surface area contributed by atoms with E-state index >= 15 is 0 Å². The molecule has 0 radical (unpaired) electrons. The Labute approximate surface area is 155 Å². The Hall–Kier alpha value is -0.490. The van der Waals surface area contributed by atoms with Crippen molar-refractivity contribution in [3.63, 3.8) is 0 Å². The average Bonchev–Trinajstić information content (AvgIpc) is 2.49. The summed E-state index contributed by atoms with van der Waals surface area (Å²) in [7, 11) is -19.3. The first-order valence-corrected chi connectivity index (χ1v) is 12.0. The number of halogens is 10. The number of hydrogen-bond acceptors (Lipinski definition) is 4. The molecule has 0 aliphatic rings. The maximum absolute atomic E-state index is 13.6. The van der Waals surface area contributed by atoms with Crippen molar-refractivity contribution in [3.8, 4) is 0 Å². The fourth-order valence-corrected chi connectivity index (χ4v) is 12.2. The zero-order valence-corrected chi connectivity index (χ0v) is 16.7. The quantitative estimate of drug-likeness (QED) is 0.473. The molecule has 0 aromatic heterocycles. The van der Waals surface area contributed by atoms with Gasteiger partial charge in [-0.25, -0.2) is 16.8 Å². The van der Waals surface area contributed by atoms with E-state index in [0.717, 1.165) is 20.8 Å². The Morgan fingerprint density at radius 1 is 0.571 bits per heavy atom. The van der Waals surface area contributed by atoms with Crippen LogP contribution in [0, 0.1) is 0 Å². The second kappa shape index (κ2) is 7.64. The number of nitrogens with zero attached hydrogens (tertiary/aromatic N) is 1. The Kier molecular flexibility index (Phi) is 7.51. The maximum Gasteiger partial charge on any atom is 0.471 e. The minimum absolute atomic E-state index is 0.859. The number of hydrogen-bond donors (Lipinski definition) is 0. The normalized spacial score (nSPS) is 16.5. The molecule has 0 amide bonds. The first kappa shape index (κ1) is 27.5. The molecular weight excluding hydrogens is 484 g/mol. The van der Waals surface area contributed by atoms with Crippen molar-refractivity contribution in [2.45, 2.75) is 43.6 Å². The predicted octanol–water partition coefficient (Wildman–Crippen LogP) is 4.04. The molecule has 0 N–H and O–H groups in total. The monoisotopic (exact) mass is 499 g/mol. The van der Waals surface area contributed by atoms with E-state index in [9.17, 15) is 60.7 Å². The number of rotatable bonds is 8. The summed E-state index contributed by atoms with van der Waals surface area (Å²) in [5.74, 6) is -2.67. The van der Waals surface area contributed by atoms with Gasteiger partial charge >= 0.3 is 42.9 Å². The minimum Gasteiger partial charge on any atom is -0.204 e. The van der Waals surface area contributed by atoms with Gasteiger partial charge in [-0.1, -0.05) is 20.8 Å². The topological polar surface area (TPSA) is 71.5 Å². The van der Waals surface area contributed by atoms with Crippen LogP contribution in [0.1, 0.15) is 20.8 Å². The molecule has 172 valence electrons. The van der Waals surface area contributed by atoms with Gasteiger partial charge in [0, 0.05) is 0 Å². The Balaban J connectivity index is 7.40. The number of alkyl halides is 10. The lowest BCUT2D eigenvalue weighted by molar-refractivity contribution is -0.243. The summed E-state index contributed by atoms with van der Waals surface area (Å²) < 4.78 is 176. The van der Waals surface area contributed by atoms with E-state index < -0.39 is 73.5 Å². The van der Waals surface area contributed by atoms with Crippen LogP contribution in [0.2, 0.25) is 0 Å². The zero-order chi connectivity index (χ0) is 23.2. The van der Waals surface area contributed by atoms with Crippen LogP contribution in [-0.2, 0) is 20.0 Å². The van der Waals surface area contributed by atoms with E-state index in [1.807, 2.05) is 0 Å². The number of sulfonamides is 2. The van der Waals surface area contributed by atoms with Crippen molar-refractivity contribution in [2.24, 2.45) is 0 Å². The highest BCUT2D eigenvalue weighted by molar-refractivity contribution is 8.41. The third-order valence-corrected chi connectivity index (χ3v) is 14.3. The molecule has 0 aliphatic heterocycles. The molecule has 0 unspecified atom stereocenters. The predicted molar refractivity (Wildman–Crippen MR) is 80.9 cm³/mol. The molecule has 28 heavy (non-hydrogen) atoms. The smallest absolute Gasteiger partial charge is 0.204 e. The summed E-state index contributed by atoms with van der Waals surface area (Å²) in [6, 6.07) is 0. The van der Waals surface area contributed by atoms with Gasteiger partial charge in [0.25, 0.3) is 0 Å². The van der Waals surface area contributed by atoms with Crippen LogP contribution in [-0.4, -0.2) is 60.1 Å². The summed E-state index contributed by atoms with van der Waals surface area (Å²) in [4.78, 5) is 0. The fraction of sp³-hybridized carbons (Fsp3) is 1.00. The molecule has 0 rings (SSSR count). The molecule has 18 heteroatoms. The van der Waals surface area contributed by atoms with Gasteiger partial charge in [-0.2, -0.15) is 54.1 Å². The third-order valence-electron chi connectivity index (χ3n) is 3.63. The van der Waals surface area contributed by atoms with Crippen LogP contribution >= 0.6 is 10.2 Å². The molecule has 0 aromatic rings. The molecule has 0 bridgehead atoms. The SMILES string of the molecule is CCS(CC)(CC)N(S(=O)(=O)C(F)(F)C(F)(F)F)S(=O)(=O)C(F)(F)C(F)(F)F. The van der Waals surface area contributed by atoms with Crippen molar-refractivity contribution >= 4 is 30.3 Å². The first-order chi connectivity index (χ1) is 12.0. The highest BCUT2D eigenvalue weighted by Gasteiger charge is 2.77. The maximum atomic E-state index is 13.6. The summed E-state index contributed by atoms with van der Waals surface area (Å²) >= 11 is 0. The molecule has 0 atom stereocenters. The van der Waals surface area contributed by atoms with Crippen molar-refractivity contribution in [1.29, 1.82) is 0 Å². The van der Waals surface area contributed by atoms with E-state index in [4.69, 9.17) is 0 Å². The molecule has 0 saturated heterocycles. The van der Waals surface area contributed by atoms with Crippen LogP contribution in [0.15, 0.2) is 0 Å². The van der Waals surface area contributed by atoms with Crippen molar-refractivity contribution in [1.82, 2.24) is 3.12 Å². The van der Waals surface area contributed by atoms with Crippen molar-refractivity contribution < 1.29 is 60.7 Å². The average molecular weight is 499 g/mol. The van der Waals surface area contributed by atoms with Gasteiger partial charge in [0.1, 0.15) is 0 Å². The van der Waals surface area contributed by atoms with Crippen LogP contribution in [0.5, 0.6) is 0 Å². The molecular formula is C10H15F10NO4S3. The molecule has 0 fully saturated rings. The van der Waals surface area contributed by atoms with Gasteiger partial charge in [0.2, 0.25) is 0 Å². The van der Waals surface area contributed by atoms with Gasteiger partial charge < -0.3 is 0 Å². The van der Waals surface area contributed by atoms with E-state index in [-0.39, 0.29) is 0 Å². The summed E-state index contributed by atoms with van der Waals surface area (Å²) in [6.07, 6.45) is -14.0. The van der Waals surface area contributed by atoms with E-state index in [1.54, 1.807) is 0 Å². The first-order valence-electron chi connectivity index (χ1n) is 7.00. The zero-order valence-electron chi connectivity index (χ0n) is 14.2. The largest absolute Gasteiger partial charge is 0.471 e. The second-order valence-corrected chi connectivity index (χ2v) is 13.5. The van der Waals surface area contributed by atoms with Gasteiger partial charge in [-0.3, -0.25) is 0 Å². The van der Waals surface area contributed by atoms with Gasteiger partial charge in [0.15, 0.2) is 0 Å². The summed E-state index contributed by atoms with van der Waals surface area (Å²) in [6.45, 7) is 2.58. The molecule has 0 saturated carbocycles. The lowest BCUT2D eigenvalue weighted by Gasteiger charge is -2.46. The molecule has 0 spiro atoms. The lowest BCUT2D eigenvalue weighted by atomic mass is 10.7. The summed E-state index contributed by atoms with van der Waals surface area (Å²) in [5.41, 5.74) is 0. The van der Waals surface area contributed by atoms with Gasteiger partial charge in [-0.15, -0.1) is 0 Å². The highest BCUT2D eigenvalue weighted by Crippen LogP contribution is 2.60. The standard InChI is InChI=1S/C10H15F10NO4S3/c1-4-26(5-2,6-3)21(27(22,23)9(17,18)7(11,12)13)28(24,25)10(19,20)8(14,15)16/h4-6H2,1-3H3. The third kappa shape index (κ3) is 3.92. The molecule has 0 heterocycles. The summed E-state index contributed by atoms with van der Waals surface area (Å²) in [5, 5.41) is -13.9. The van der Waals surface area contributed by atoms with Crippen molar-refractivity contribution in [2.75, 3.05) is 17.3 Å². The van der Waals surface area contributed by atoms with E-state index in [1.165, 1.54) is 0 Å².